The van der Waals surface area contributed by atoms with Gasteiger partial charge in [0.05, 0.1) is 36.7 Å². The second-order valence-electron chi connectivity index (χ2n) is 12.1. The molecule has 220 valence electrons. The number of anilines is 2. The fourth-order valence-corrected chi connectivity index (χ4v) is 6.89. The molecule has 1 N–H and O–H groups in total. The SMILES string of the molecule is CN1CCN(C[C@H]2CC[C@H](n3cc(NC(=O)c4cnn5ccc(N6C[C@H]7C[C@@H]6CO7)nc45)c(C(F)F)n3)CC2)CC1. The quantitative estimate of drug-likeness (QED) is 0.464. The van der Waals surface area contributed by atoms with Gasteiger partial charge in [-0.2, -0.15) is 10.2 Å². The molecule has 2 atom stereocenters. The highest BCUT2D eigenvalue weighted by atomic mass is 19.3. The average molecular weight is 570 g/mol. The van der Waals surface area contributed by atoms with Crippen molar-refractivity contribution in [3.05, 3.63) is 35.9 Å². The summed E-state index contributed by atoms with van der Waals surface area (Å²) in [6.07, 6.45) is 7.00. The van der Waals surface area contributed by atoms with Crippen LogP contribution in [0.15, 0.2) is 24.7 Å². The van der Waals surface area contributed by atoms with Gasteiger partial charge >= 0.3 is 0 Å². The van der Waals surface area contributed by atoms with Gasteiger partial charge in [-0.25, -0.2) is 18.3 Å². The minimum atomic E-state index is -2.80. The number of nitrogens with one attached hydrogen (secondary N) is 1. The van der Waals surface area contributed by atoms with Crippen molar-refractivity contribution >= 4 is 23.1 Å². The molecule has 13 heteroatoms. The van der Waals surface area contributed by atoms with Crippen LogP contribution in [0.25, 0.3) is 5.65 Å². The molecule has 6 heterocycles. The summed E-state index contributed by atoms with van der Waals surface area (Å²) in [5.74, 6) is 0.843. The van der Waals surface area contributed by atoms with Crippen molar-refractivity contribution in [1.29, 1.82) is 0 Å². The molecule has 3 aromatic rings. The first-order valence-corrected chi connectivity index (χ1v) is 14.7. The van der Waals surface area contributed by atoms with E-state index in [9.17, 15) is 13.6 Å². The standard InChI is InChI=1S/C28H37F2N9O2/c1-35-8-10-36(11-9-35)14-18-2-4-19(5-3-18)39-16-23(25(34-39)26(29)30)32-28(40)22-13-31-38-7-6-24(33-27(22)38)37-15-21-12-20(37)17-41-21/h6-7,13,16,18-21,26H,2-5,8-12,14-15,17H2,1H3,(H,32,40)/t18-,19-,20-,21-/m1/s1. The second-order valence-corrected chi connectivity index (χ2v) is 12.1. The number of carbonyl (C=O) groups excluding carboxylic acids is 1. The lowest BCUT2D eigenvalue weighted by Crippen LogP contribution is -2.46. The maximum Gasteiger partial charge on any atom is 0.284 e. The highest BCUT2D eigenvalue weighted by Crippen LogP contribution is 2.36. The van der Waals surface area contributed by atoms with E-state index in [2.05, 4.69) is 37.3 Å². The molecule has 4 fully saturated rings. The third kappa shape index (κ3) is 5.30. The van der Waals surface area contributed by atoms with E-state index in [1.165, 1.54) is 10.7 Å². The van der Waals surface area contributed by atoms with Crippen LogP contribution in [-0.2, 0) is 4.74 Å². The first-order valence-electron chi connectivity index (χ1n) is 14.7. The van der Waals surface area contributed by atoms with Crippen molar-refractivity contribution in [3.8, 4) is 0 Å². The van der Waals surface area contributed by atoms with Gasteiger partial charge in [0.25, 0.3) is 12.3 Å². The molecule has 1 amide bonds. The van der Waals surface area contributed by atoms with Crippen LogP contribution >= 0.6 is 0 Å². The van der Waals surface area contributed by atoms with E-state index in [0.29, 0.717) is 18.2 Å². The van der Waals surface area contributed by atoms with Crippen molar-refractivity contribution in [2.75, 3.05) is 63.1 Å². The maximum atomic E-state index is 14.0. The monoisotopic (exact) mass is 569 g/mol. The molecule has 3 aromatic heterocycles. The number of likely N-dealkylation sites (N-methyl/N-ethyl adjacent to an activating group) is 1. The lowest BCUT2D eigenvalue weighted by atomic mass is 9.85. The van der Waals surface area contributed by atoms with E-state index in [1.54, 1.807) is 17.1 Å². The number of nitrogens with zero attached hydrogens (tertiary/aromatic N) is 8. The van der Waals surface area contributed by atoms with Crippen LogP contribution in [0, 0.1) is 5.92 Å². The maximum absolute atomic E-state index is 14.0. The van der Waals surface area contributed by atoms with Crippen LogP contribution in [0.3, 0.4) is 0 Å². The fraction of sp³-hybridized carbons (Fsp3) is 0.643. The zero-order chi connectivity index (χ0) is 28.1. The Hall–Kier alpha value is -3.16. The van der Waals surface area contributed by atoms with Gasteiger partial charge in [0, 0.05) is 51.7 Å². The summed E-state index contributed by atoms with van der Waals surface area (Å²) < 4.78 is 36.9. The summed E-state index contributed by atoms with van der Waals surface area (Å²) in [5.41, 5.74) is 0.239. The van der Waals surface area contributed by atoms with Crippen molar-refractivity contribution in [3.63, 3.8) is 0 Å². The molecule has 1 saturated carbocycles. The molecule has 3 aliphatic heterocycles. The van der Waals surface area contributed by atoms with Gasteiger partial charge in [0.15, 0.2) is 11.3 Å². The number of hydrogen-bond acceptors (Lipinski definition) is 8. The molecule has 0 radical (unpaired) electrons. The van der Waals surface area contributed by atoms with Crippen LogP contribution in [-0.4, -0.2) is 105 Å². The first kappa shape index (κ1) is 26.7. The summed E-state index contributed by atoms with van der Waals surface area (Å²) in [6.45, 7) is 6.96. The van der Waals surface area contributed by atoms with Gasteiger partial charge in [-0.3, -0.25) is 9.48 Å². The largest absolute Gasteiger partial charge is 0.374 e. The third-order valence-corrected chi connectivity index (χ3v) is 9.31. The van der Waals surface area contributed by atoms with Gasteiger partial charge in [0.1, 0.15) is 11.4 Å². The molecule has 41 heavy (non-hydrogen) atoms. The summed E-state index contributed by atoms with van der Waals surface area (Å²) in [7, 11) is 2.16. The van der Waals surface area contributed by atoms with Crippen LogP contribution in [0.2, 0.25) is 0 Å². The fourth-order valence-electron chi connectivity index (χ4n) is 6.89. The Bertz CT molecular complexity index is 1390. The van der Waals surface area contributed by atoms with Gasteiger partial charge in [-0.1, -0.05) is 0 Å². The number of halogens is 2. The molecule has 0 unspecified atom stereocenters. The highest BCUT2D eigenvalue weighted by Gasteiger charge is 2.40. The molecule has 2 bridgehead atoms. The van der Waals surface area contributed by atoms with Gasteiger partial charge < -0.3 is 24.8 Å². The minimum Gasteiger partial charge on any atom is -0.374 e. The number of morpholine rings is 1. The molecular weight excluding hydrogens is 532 g/mol. The molecule has 4 aliphatic rings. The predicted octanol–water partition coefficient (Wildman–Crippen LogP) is 3.07. The van der Waals surface area contributed by atoms with Gasteiger partial charge in [-0.15, -0.1) is 0 Å². The smallest absolute Gasteiger partial charge is 0.284 e. The van der Waals surface area contributed by atoms with Gasteiger partial charge in [-0.05, 0) is 51.1 Å². The zero-order valence-electron chi connectivity index (χ0n) is 23.3. The number of hydrogen-bond donors (Lipinski definition) is 1. The molecule has 0 spiro atoms. The van der Waals surface area contributed by atoms with Crippen LogP contribution in [0.4, 0.5) is 20.3 Å². The number of fused-ring (bicyclic) bond motifs is 3. The van der Waals surface area contributed by atoms with Crippen molar-refractivity contribution in [2.45, 2.75) is 56.7 Å². The molecule has 0 aromatic carbocycles. The Balaban J connectivity index is 1.03. The molecule has 3 saturated heterocycles. The van der Waals surface area contributed by atoms with E-state index < -0.39 is 18.0 Å². The Kier molecular flexibility index (Phi) is 7.11. The summed E-state index contributed by atoms with van der Waals surface area (Å²) in [6, 6.07) is 2.19. The predicted molar refractivity (Wildman–Crippen MR) is 149 cm³/mol. The number of ether oxygens (including phenoxy) is 1. The van der Waals surface area contributed by atoms with Crippen LogP contribution in [0.1, 0.15) is 60.6 Å². The van der Waals surface area contributed by atoms with E-state index in [1.807, 2.05) is 6.07 Å². The number of rotatable bonds is 7. The van der Waals surface area contributed by atoms with Crippen molar-refractivity contribution in [1.82, 2.24) is 34.2 Å². The molecule has 7 rings (SSSR count). The number of piperazine rings is 1. The van der Waals surface area contributed by atoms with E-state index >= 15 is 0 Å². The number of carbonyl (C=O) groups is 1. The topological polar surface area (TPSA) is 96.1 Å². The number of alkyl halides is 2. The van der Waals surface area contributed by atoms with Crippen molar-refractivity contribution in [2.24, 2.45) is 5.92 Å². The molecule has 11 nitrogen and oxygen atoms in total. The van der Waals surface area contributed by atoms with E-state index in [4.69, 9.17) is 9.72 Å². The highest BCUT2D eigenvalue weighted by molar-refractivity contribution is 6.08. The van der Waals surface area contributed by atoms with Crippen LogP contribution < -0.4 is 10.2 Å². The molecule has 1 aliphatic carbocycles. The third-order valence-electron chi connectivity index (χ3n) is 9.31. The summed E-state index contributed by atoms with van der Waals surface area (Å²) in [5, 5.41) is 11.2. The molecular formula is C28H37F2N9O2. The Labute approximate surface area is 237 Å². The Morgan fingerprint density at radius 2 is 1.95 bits per heavy atom. The zero-order valence-corrected chi connectivity index (χ0v) is 23.3. The number of amides is 1. The summed E-state index contributed by atoms with van der Waals surface area (Å²) >= 11 is 0. The number of aromatic nitrogens is 5. The van der Waals surface area contributed by atoms with E-state index in [0.717, 1.165) is 77.2 Å². The Morgan fingerprint density at radius 3 is 2.66 bits per heavy atom. The van der Waals surface area contributed by atoms with Gasteiger partial charge in [0.2, 0.25) is 0 Å². The lowest BCUT2D eigenvalue weighted by Gasteiger charge is -2.37. The first-order chi connectivity index (χ1) is 19.9. The van der Waals surface area contributed by atoms with Crippen molar-refractivity contribution < 1.29 is 18.3 Å². The average Bonchev–Trinajstić information content (AvgIpc) is 3.78. The Morgan fingerprint density at radius 1 is 1.15 bits per heavy atom. The lowest BCUT2D eigenvalue weighted by molar-refractivity contribution is 0.0988. The second kappa shape index (κ2) is 10.9. The van der Waals surface area contributed by atoms with E-state index in [-0.39, 0.29) is 29.4 Å². The normalized spacial score (nSPS) is 27.4. The summed E-state index contributed by atoms with van der Waals surface area (Å²) in [4.78, 5) is 25.2. The minimum absolute atomic E-state index is 0.0362. The van der Waals surface area contributed by atoms with Crippen LogP contribution in [0.5, 0.6) is 0 Å².